The second-order valence-corrected chi connectivity index (χ2v) is 4.66. The van der Waals surface area contributed by atoms with Crippen LogP contribution in [0.15, 0.2) is 30.5 Å². The van der Waals surface area contributed by atoms with Gasteiger partial charge in [-0.15, -0.1) is 0 Å². The molecule has 2 rings (SSSR count). The van der Waals surface area contributed by atoms with Gasteiger partial charge in [0.1, 0.15) is 5.75 Å². The van der Waals surface area contributed by atoms with Crippen LogP contribution in [0.2, 0.25) is 10.0 Å². The SMILES string of the molecule is Cc1cc(Cl)ccc1Oc1cc(C(=O)O)c(Cl)cn1. The van der Waals surface area contributed by atoms with Crippen LogP contribution < -0.4 is 4.74 Å². The van der Waals surface area contributed by atoms with Crippen molar-refractivity contribution in [3.63, 3.8) is 0 Å². The second-order valence-electron chi connectivity index (χ2n) is 3.82. The first-order valence-corrected chi connectivity index (χ1v) is 6.06. The highest BCUT2D eigenvalue weighted by Crippen LogP contribution is 2.28. The Balaban J connectivity index is 2.33. The average Bonchev–Trinajstić information content (AvgIpc) is 2.34. The van der Waals surface area contributed by atoms with Gasteiger partial charge >= 0.3 is 5.97 Å². The Morgan fingerprint density at radius 1 is 1.32 bits per heavy atom. The second kappa shape index (κ2) is 5.47. The zero-order valence-corrected chi connectivity index (χ0v) is 11.4. The van der Waals surface area contributed by atoms with Crippen LogP contribution in [0, 0.1) is 6.92 Å². The molecule has 6 heteroatoms. The molecule has 0 amide bonds. The molecule has 2 aromatic rings. The number of hydrogen-bond donors (Lipinski definition) is 1. The van der Waals surface area contributed by atoms with E-state index < -0.39 is 5.97 Å². The molecule has 0 fully saturated rings. The Kier molecular flexibility index (Phi) is 3.93. The molecule has 0 bridgehead atoms. The largest absolute Gasteiger partial charge is 0.478 e. The summed E-state index contributed by atoms with van der Waals surface area (Å²) >= 11 is 11.6. The van der Waals surface area contributed by atoms with Crippen LogP contribution in [0.5, 0.6) is 11.6 Å². The van der Waals surface area contributed by atoms with Gasteiger partial charge in [0.15, 0.2) is 0 Å². The van der Waals surface area contributed by atoms with Crippen molar-refractivity contribution in [1.29, 1.82) is 0 Å². The van der Waals surface area contributed by atoms with E-state index >= 15 is 0 Å². The lowest BCUT2D eigenvalue weighted by Gasteiger charge is -2.09. The van der Waals surface area contributed by atoms with Crippen LogP contribution in [-0.4, -0.2) is 16.1 Å². The van der Waals surface area contributed by atoms with Crippen LogP contribution >= 0.6 is 23.2 Å². The molecular weight excluding hydrogens is 289 g/mol. The summed E-state index contributed by atoms with van der Waals surface area (Å²) in [4.78, 5) is 14.9. The number of pyridine rings is 1. The van der Waals surface area contributed by atoms with Gasteiger partial charge in [0.25, 0.3) is 0 Å². The average molecular weight is 298 g/mol. The Bertz CT molecular complexity index is 644. The third kappa shape index (κ3) is 3.16. The van der Waals surface area contributed by atoms with Gasteiger partial charge in [0, 0.05) is 11.1 Å². The number of hydrogen-bond acceptors (Lipinski definition) is 3. The van der Waals surface area contributed by atoms with Gasteiger partial charge in [0.2, 0.25) is 5.88 Å². The molecule has 0 aliphatic heterocycles. The van der Waals surface area contributed by atoms with Crippen molar-refractivity contribution in [1.82, 2.24) is 4.98 Å². The lowest BCUT2D eigenvalue weighted by Crippen LogP contribution is -1.99. The van der Waals surface area contributed by atoms with Crippen molar-refractivity contribution in [2.45, 2.75) is 6.92 Å². The molecule has 98 valence electrons. The standard InChI is InChI=1S/C13H9Cl2NO3/c1-7-4-8(14)2-3-11(7)19-12-5-9(13(17)18)10(15)6-16-12/h2-6H,1H3,(H,17,18). The molecule has 4 nitrogen and oxygen atoms in total. The maximum Gasteiger partial charge on any atom is 0.337 e. The van der Waals surface area contributed by atoms with Crippen LogP contribution in [0.3, 0.4) is 0 Å². The molecule has 0 spiro atoms. The zero-order valence-electron chi connectivity index (χ0n) is 9.85. The van der Waals surface area contributed by atoms with E-state index in [1.807, 2.05) is 6.92 Å². The van der Waals surface area contributed by atoms with Gasteiger partial charge < -0.3 is 9.84 Å². The number of aromatic nitrogens is 1. The third-order valence-corrected chi connectivity index (χ3v) is 2.95. The number of carboxylic acid groups (broad SMARTS) is 1. The molecule has 0 radical (unpaired) electrons. The minimum absolute atomic E-state index is 0.0571. The smallest absolute Gasteiger partial charge is 0.337 e. The topological polar surface area (TPSA) is 59.4 Å². The van der Waals surface area contributed by atoms with Crippen molar-refractivity contribution in [3.05, 3.63) is 51.6 Å². The van der Waals surface area contributed by atoms with Crippen molar-refractivity contribution in [3.8, 4) is 11.6 Å². The molecule has 0 saturated carbocycles. The van der Waals surface area contributed by atoms with Crippen molar-refractivity contribution in [2.75, 3.05) is 0 Å². The minimum Gasteiger partial charge on any atom is -0.478 e. The molecule has 1 aromatic heterocycles. The van der Waals surface area contributed by atoms with Crippen molar-refractivity contribution >= 4 is 29.2 Å². The lowest BCUT2D eigenvalue weighted by atomic mass is 10.2. The summed E-state index contributed by atoms with van der Waals surface area (Å²) in [7, 11) is 0. The fourth-order valence-corrected chi connectivity index (χ4v) is 1.89. The minimum atomic E-state index is -1.13. The maximum absolute atomic E-state index is 11.0. The van der Waals surface area contributed by atoms with Gasteiger partial charge in [-0.05, 0) is 30.7 Å². The van der Waals surface area contributed by atoms with E-state index in [1.165, 1.54) is 12.3 Å². The number of carbonyl (C=O) groups is 1. The molecule has 0 aliphatic rings. The van der Waals surface area contributed by atoms with Gasteiger partial charge in [-0.1, -0.05) is 23.2 Å². The molecule has 0 saturated heterocycles. The molecule has 1 N–H and O–H groups in total. The van der Waals surface area contributed by atoms with Gasteiger partial charge in [-0.25, -0.2) is 9.78 Å². The third-order valence-electron chi connectivity index (χ3n) is 2.41. The number of carboxylic acids is 1. The van der Waals surface area contributed by atoms with E-state index in [0.717, 1.165) is 5.56 Å². The van der Waals surface area contributed by atoms with Crippen molar-refractivity contribution < 1.29 is 14.6 Å². The van der Waals surface area contributed by atoms with E-state index in [-0.39, 0.29) is 16.5 Å². The van der Waals surface area contributed by atoms with Crippen LogP contribution in [0.4, 0.5) is 0 Å². The predicted octanol–water partition coefficient (Wildman–Crippen LogP) is 4.19. The Morgan fingerprint density at radius 3 is 2.68 bits per heavy atom. The number of rotatable bonds is 3. The summed E-state index contributed by atoms with van der Waals surface area (Å²) < 4.78 is 5.52. The molecule has 1 heterocycles. The first-order chi connectivity index (χ1) is 8.97. The predicted molar refractivity (Wildman–Crippen MR) is 72.5 cm³/mol. The van der Waals surface area contributed by atoms with Crippen LogP contribution in [0.1, 0.15) is 15.9 Å². The first-order valence-electron chi connectivity index (χ1n) is 5.30. The Morgan fingerprint density at radius 2 is 2.05 bits per heavy atom. The number of aromatic carboxylic acids is 1. The molecule has 0 atom stereocenters. The number of ether oxygens (including phenoxy) is 1. The van der Waals surface area contributed by atoms with Crippen molar-refractivity contribution in [2.24, 2.45) is 0 Å². The summed E-state index contributed by atoms with van der Waals surface area (Å²) in [5, 5.41) is 9.62. The molecular formula is C13H9Cl2NO3. The quantitative estimate of drug-likeness (QED) is 0.923. The molecule has 1 aromatic carbocycles. The normalized spacial score (nSPS) is 10.3. The van der Waals surface area contributed by atoms with E-state index in [2.05, 4.69) is 4.98 Å². The zero-order chi connectivity index (χ0) is 14.0. The van der Waals surface area contributed by atoms with E-state index in [1.54, 1.807) is 18.2 Å². The van der Waals surface area contributed by atoms with E-state index in [4.69, 9.17) is 33.0 Å². The van der Waals surface area contributed by atoms with Crippen LogP contribution in [0.25, 0.3) is 0 Å². The Labute approximate surface area is 119 Å². The first kappa shape index (κ1) is 13.6. The summed E-state index contributed by atoms with van der Waals surface area (Å²) in [6.07, 6.45) is 1.24. The van der Waals surface area contributed by atoms with Gasteiger partial charge in [0.05, 0.1) is 16.8 Å². The van der Waals surface area contributed by atoms with E-state index in [9.17, 15) is 4.79 Å². The summed E-state index contributed by atoms with van der Waals surface area (Å²) in [6.45, 7) is 1.83. The summed E-state index contributed by atoms with van der Waals surface area (Å²) in [6, 6.07) is 6.38. The molecule has 19 heavy (non-hydrogen) atoms. The number of aryl methyl sites for hydroxylation is 1. The highest BCUT2D eigenvalue weighted by Gasteiger charge is 2.12. The van der Waals surface area contributed by atoms with Gasteiger partial charge in [-0.2, -0.15) is 0 Å². The van der Waals surface area contributed by atoms with Gasteiger partial charge in [-0.3, -0.25) is 0 Å². The number of benzene rings is 1. The summed E-state index contributed by atoms with van der Waals surface area (Å²) in [5.74, 6) is -0.423. The van der Waals surface area contributed by atoms with E-state index in [0.29, 0.717) is 10.8 Å². The number of halogens is 2. The fraction of sp³-hybridized carbons (Fsp3) is 0.0769. The molecule has 0 unspecified atom stereocenters. The Hall–Kier alpha value is -1.78. The number of nitrogens with zero attached hydrogens (tertiary/aromatic N) is 1. The highest BCUT2D eigenvalue weighted by atomic mass is 35.5. The monoisotopic (exact) mass is 297 g/mol. The fourth-order valence-electron chi connectivity index (χ4n) is 1.48. The van der Waals surface area contributed by atoms with Crippen LogP contribution in [-0.2, 0) is 0 Å². The lowest BCUT2D eigenvalue weighted by molar-refractivity contribution is 0.0696. The highest BCUT2D eigenvalue weighted by molar-refractivity contribution is 6.33. The summed E-state index contributed by atoms with van der Waals surface area (Å²) in [5.41, 5.74) is 0.763. The maximum atomic E-state index is 11.0. The molecule has 0 aliphatic carbocycles.